The predicted molar refractivity (Wildman–Crippen MR) is 64.4 cm³/mol. The van der Waals surface area contributed by atoms with Gasteiger partial charge in [-0.1, -0.05) is 0 Å². The van der Waals surface area contributed by atoms with Gasteiger partial charge in [0.15, 0.2) is 0 Å². The second-order valence-electron chi connectivity index (χ2n) is 3.02. The van der Waals surface area contributed by atoms with Crippen molar-refractivity contribution >= 4 is 38.8 Å². The van der Waals surface area contributed by atoms with E-state index in [-0.39, 0.29) is 11.5 Å². The van der Waals surface area contributed by atoms with Crippen molar-refractivity contribution < 1.29 is 4.92 Å². The fourth-order valence-corrected chi connectivity index (χ4v) is 2.68. The van der Waals surface area contributed by atoms with E-state index in [2.05, 4.69) is 21.0 Å². The maximum atomic E-state index is 10.6. The zero-order valence-electron chi connectivity index (χ0n) is 7.96. The minimum absolute atomic E-state index is 0.0744. The van der Waals surface area contributed by atoms with E-state index in [0.29, 0.717) is 6.54 Å². The fraction of sp³-hybridized carbons (Fsp3) is 0.125. The summed E-state index contributed by atoms with van der Waals surface area (Å²) in [7, 11) is 0. The molecule has 0 radical (unpaired) electrons. The standard InChI is InChI=1S/C8H7BrN4O2S/c9-5-1-2-16-7(5)4-12-8(10)6(3-11-12)13(14)15/h1-3H,4,10H2. The summed E-state index contributed by atoms with van der Waals surface area (Å²) < 4.78 is 2.37. The van der Waals surface area contributed by atoms with E-state index in [1.54, 1.807) is 0 Å². The summed E-state index contributed by atoms with van der Waals surface area (Å²) in [5.41, 5.74) is 5.46. The number of nitro groups is 1. The Morgan fingerprint density at radius 1 is 1.69 bits per heavy atom. The van der Waals surface area contributed by atoms with Crippen molar-refractivity contribution in [1.29, 1.82) is 0 Å². The zero-order valence-corrected chi connectivity index (χ0v) is 10.4. The first kappa shape index (κ1) is 11.1. The van der Waals surface area contributed by atoms with Crippen molar-refractivity contribution in [3.8, 4) is 0 Å². The monoisotopic (exact) mass is 302 g/mol. The number of nitrogens with two attached hydrogens (primary N) is 1. The molecule has 2 aromatic rings. The maximum Gasteiger partial charge on any atom is 0.330 e. The van der Waals surface area contributed by atoms with Crippen molar-refractivity contribution in [3.63, 3.8) is 0 Å². The molecule has 0 aliphatic rings. The highest BCUT2D eigenvalue weighted by atomic mass is 79.9. The minimum atomic E-state index is -0.539. The minimum Gasteiger partial charge on any atom is -0.378 e. The lowest BCUT2D eigenvalue weighted by Gasteiger charge is -2.01. The summed E-state index contributed by atoms with van der Waals surface area (Å²) >= 11 is 4.92. The van der Waals surface area contributed by atoms with Crippen molar-refractivity contribution in [2.75, 3.05) is 5.73 Å². The molecular weight excluding hydrogens is 296 g/mol. The molecule has 0 saturated heterocycles. The summed E-state index contributed by atoms with van der Waals surface area (Å²) in [6.45, 7) is 0.428. The highest BCUT2D eigenvalue weighted by Gasteiger charge is 2.18. The molecule has 0 fully saturated rings. The molecule has 6 nitrogen and oxygen atoms in total. The quantitative estimate of drug-likeness (QED) is 0.696. The molecule has 2 N–H and O–H groups in total. The van der Waals surface area contributed by atoms with E-state index >= 15 is 0 Å². The van der Waals surface area contributed by atoms with Gasteiger partial charge in [0.1, 0.15) is 6.20 Å². The van der Waals surface area contributed by atoms with E-state index in [4.69, 9.17) is 5.73 Å². The zero-order chi connectivity index (χ0) is 11.7. The van der Waals surface area contributed by atoms with Crippen LogP contribution in [0, 0.1) is 10.1 Å². The van der Waals surface area contributed by atoms with Crippen LogP contribution in [-0.2, 0) is 6.54 Å². The number of nitrogen functional groups attached to an aromatic ring is 1. The maximum absolute atomic E-state index is 10.6. The molecule has 84 valence electrons. The van der Waals surface area contributed by atoms with Crippen LogP contribution in [0.1, 0.15) is 4.88 Å². The lowest BCUT2D eigenvalue weighted by atomic mass is 10.4. The second kappa shape index (κ2) is 4.22. The number of hydrogen-bond donors (Lipinski definition) is 1. The van der Waals surface area contributed by atoms with E-state index in [1.807, 2.05) is 11.4 Å². The molecule has 2 heterocycles. The van der Waals surface area contributed by atoms with Crippen LogP contribution < -0.4 is 5.73 Å². The van der Waals surface area contributed by atoms with Gasteiger partial charge in [0.25, 0.3) is 0 Å². The van der Waals surface area contributed by atoms with Gasteiger partial charge in [0.2, 0.25) is 5.82 Å². The van der Waals surface area contributed by atoms with Gasteiger partial charge in [-0.3, -0.25) is 10.1 Å². The largest absolute Gasteiger partial charge is 0.378 e. The SMILES string of the molecule is Nc1c([N+](=O)[O-])cnn1Cc1sccc1Br. The number of halogens is 1. The van der Waals surface area contributed by atoms with Crippen molar-refractivity contribution in [3.05, 3.63) is 37.1 Å². The first-order valence-corrected chi connectivity index (χ1v) is 5.94. The smallest absolute Gasteiger partial charge is 0.330 e. The lowest BCUT2D eigenvalue weighted by molar-refractivity contribution is -0.384. The molecule has 0 aliphatic heterocycles. The topological polar surface area (TPSA) is 87.0 Å². The first-order chi connectivity index (χ1) is 7.59. The van der Waals surface area contributed by atoms with E-state index < -0.39 is 4.92 Å². The fourth-order valence-electron chi connectivity index (χ4n) is 1.23. The Hall–Kier alpha value is -1.41. The predicted octanol–water partition coefficient (Wildman–Crippen LogP) is 2.25. The molecule has 2 aromatic heterocycles. The number of anilines is 1. The number of hydrogen-bond acceptors (Lipinski definition) is 5. The Balaban J connectivity index is 2.29. The Morgan fingerprint density at radius 2 is 2.44 bits per heavy atom. The molecule has 0 aliphatic carbocycles. The van der Waals surface area contributed by atoms with Crippen LogP contribution >= 0.6 is 27.3 Å². The number of thiophene rings is 1. The van der Waals surface area contributed by atoms with E-state index in [0.717, 1.165) is 15.5 Å². The number of nitrogens with zero attached hydrogens (tertiary/aromatic N) is 3. The molecule has 16 heavy (non-hydrogen) atoms. The third kappa shape index (κ3) is 1.93. The average Bonchev–Trinajstić information content (AvgIpc) is 2.76. The summed E-state index contributed by atoms with van der Waals surface area (Å²) in [4.78, 5) is 11.0. The summed E-state index contributed by atoms with van der Waals surface area (Å²) in [6, 6.07) is 1.91. The Morgan fingerprint density at radius 3 is 2.94 bits per heavy atom. The Kier molecular flexibility index (Phi) is 2.92. The van der Waals surface area contributed by atoms with Crippen molar-refractivity contribution in [2.24, 2.45) is 0 Å². The molecule has 0 bridgehead atoms. The van der Waals surface area contributed by atoms with Crippen LogP contribution in [-0.4, -0.2) is 14.7 Å². The van der Waals surface area contributed by atoms with Crippen LogP contribution in [0.15, 0.2) is 22.1 Å². The summed E-state index contributed by atoms with van der Waals surface area (Å²) in [6.07, 6.45) is 1.16. The number of rotatable bonds is 3. The van der Waals surface area contributed by atoms with Crippen molar-refractivity contribution in [1.82, 2.24) is 9.78 Å². The second-order valence-corrected chi connectivity index (χ2v) is 4.88. The number of aromatic nitrogens is 2. The van der Waals surface area contributed by atoms with Crippen LogP contribution in [0.5, 0.6) is 0 Å². The van der Waals surface area contributed by atoms with Gasteiger partial charge in [-0.15, -0.1) is 11.3 Å². The van der Waals surface area contributed by atoms with Gasteiger partial charge in [0.05, 0.1) is 11.5 Å². The molecule has 0 atom stereocenters. The molecule has 0 unspecified atom stereocenters. The molecule has 2 rings (SSSR count). The first-order valence-electron chi connectivity index (χ1n) is 4.27. The van der Waals surface area contributed by atoms with E-state index in [1.165, 1.54) is 16.0 Å². The van der Waals surface area contributed by atoms with Gasteiger partial charge in [0, 0.05) is 9.35 Å². The normalized spacial score (nSPS) is 10.6. The van der Waals surface area contributed by atoms with Crippen LogP contribution in [0.25, 0.3) is 0 Å². The average molecular weight is 303 g/mol. The van der Waals surface area contributed by atoms with Crippen LogP contribution in [0.4, 0.5) is 11.5 Å². The third-order valence-electron chi connectivity index (χ3n) is 2.04. The highest BCUT2D eigenvalue weighted by Crippen LogP contribution is 2.26. The lowest BCUT2D eigenvalue weighted by Crippen LogP contribution is -2.05. The highest BCUT2D eigenvalue weighted by molar-refractivity contribution is 9.10. The molecular formula is C8H7BrN4O2S. The van der Waals surface area contributed by atoms with E-state index in [9.17, 15) is 10.1 Å². The van der Waals surface area contributed by atoms with Gasteiger partial charge in [-0.25, -0.2) is 4.68 Å². The Bertz CT molecular complexity index is 536. The van der Waals surface area contributed by atoms with Crippen LogP contribution in [0.3, 0.4) is 0 Å². The van der Waals surface area contributed by atoms with Crippen molar-refractivity contribution in [2.45, 2.75) is 6.54 Å². The summed E-state index contributed by atoms with van der Waals surface area (Å²) in [5, 5.41) is 16.4. The Labute approximate surface area is 103 Å². The van der Waals surface area contributed by atoms with Gasteiger partial charge < -0.3 is 5.73 Å². The van der Waals surface area contributed by atoms with Gasteiger partial charge >= 0.3 is 5.69 Å². The van der Waals surface area contributed by atoms with Gasteiger partial charge in [-0.05, 0) is 27.4 Å². The van der Waals surface area contributed by atoms with Gasteiger partial charge in [-0.2, -0.15) is 5.10 Å². The molecule has 0 aromatic carbocycles. The molecule has 0 amide bonds. The summed E-state index contributed by atoms with van der Waals surface area (Å²) in [5.74, 6) is 0.0744. The van der Waals surface area contributed by atoms with Crippen LogP contribution in [0.2, 0.25) is 0 Å². The third-order valence-corrected chi connectivity index (χ3v) is 3.95. The molecule has 0 saturated carbocycles. The molecule has 0 spiro atoms. The molecule has 8 heteroatoms.